The van der Waals surface area contributed by atoms with Crippen molar-refractivity contribution in [2.24, 2.45) is 0 Å². The molecule has 1 saturated heterocycles. The lowest BCUT2D eigenvalue weighted by Gasteiger charge is -2.25. The topological polar surface area (TPSA) is 62.5 Å². The van der Waals surface area contributed by atoms with Crippen molar-refractivity contribution < 1.29 is 4.79 Å². The molecule has 0 aliphatic carbocycles. The second-order valence-electron chi connectivity index (χ2n) is 6.86. The zero-order valence-corrected chi connectivity index (χ0v) is 15.1. The Morgan fingerprint density at radius 1 is 1.23 bits per heavy atom. The standard InChI is InChI=1S/C20H23N5O/c1-14-11-17(12-25-19(14)22-15(2)23-25)20(26)24-10-6-9-21-18(13-24)16-7-4-3-5-8-16/h3-5,7-8,11-12,18,21H,6,9-10,13H2,1-2H3. The summed E-state index contributed by atoms with van der Waals surface area (Å²) in [5.74, 6) is 0.758. The summed E-state index contributed by atoms with van der Waals surface area (Å²) in [5.41, 5.74) is 3.64. The molecule has 1 N–H and O–H groups in total. The van der Waals surface area contributed by atoms with Crippen LogP contribution in [0, 0.1) is 13.8 Å². The van der Waals surface area contributed by atoms with Crippen molar-refractivity contribution in [1.29, 1.82) is 0 Å². The lowest BCUT2D eigenvalue weighted by molar-refractivity contribution is 0.0752. The smallest absolute Gasteiger partial charge is 0.255 e. The molecule has 2 aromatic heterocycles. The van der Waals surface area contributed by atoms with Gasteiger partial charge in [0.25, 0.3) is 5.91 Å². The highest BCUT2D eigenvalue weighted by Gasteiger charge is 2.24. The van der Waals surface area contributed by atoms with Gasteiger partial charge >= 0.3 is 0 Å². The number of benzene rings is 1. The molecule has 3 heterocycles. The summed E-state index contributed by atoms with van der Waals surface area (Å²) in [7, 11) is 0. The summed E-state index contributed by atoms with van der Waals surface area (Å²) >= 11 is 0. The fourth-order valence-electron chi connectivity index (χ4n) is 3.57. The highest BCUT2D eigenvalue weighted by Crippen LogP contribution is 2.19. The molecule has 1 aromatic carbocycles. The molecule has 1 aliphatic rings. The van der Waals surface area contributed by atoms with Crippen LogP contribution < -0.4 is 5.32 Å². The molecule has 0 radical (unpaired) electrons. The minimum Gasteiger partial charge on any atom is -0.337 e. The van der Waals surface area contributed by atoms with E-state index in [0.717, 1.165) is 30.7 Å². The number of carbonyl (C=O) groups is 1. The molecular formula is C20H23N5O. The Morgan fingerprint density at radius 2 is 2.04 bits per heavy atom. The number of pyridine rings is 1. The van der Waals surface area contributed by atoms with Gasteiger partial charge < -0.3 is 10.2 Å². The second-order valence-corrected chi connectivity index (χ2v) is 6.86. The lowest BCUT2D eigenvalue weighted by Crippen LogP contribution is -2.36. The Hall–Kier alpha value is -2.73. The Balaban J connectivity index is 1.62. The number of hydrogen-bond acceptors (Lipinski definition) is 4. The fourth-order valence-corrected chi connectivity index (χ4v) is 3.57. The molecule has 6 heteroatoms. The maximum absolute atomic E-state index is 13.2. The highest BCUT2D eigenvalue weighted by atomic mass is 16.2. The summed E-state index contributed by atoms with van der Waals surface area (Å²) < 4.78 is 1.71. The minimum absolute atomic E-state index is 0.0489. The number of nitrogens with zero attached hydrogens (tertiary/aromatic N) is 4. The lowest BCUT2D eigenvalue weighted by atomic mass is 10.1. The molecule has 26 heavy (non-hydrogen) atoms. The van der Waals surface area contributed by atoms with Gasteiger partial charge in [0.2, 0.25) is 0 Å². The van der Waals surface area contributed by atoms with E-state index < -0.39 is 0 Å². The molecule has 0 saturated carbocycles. The third-order valence-corrected chi connectivity index (χ3v) is 4.86. The first-order valence-electron chi connectivity index (χ1n) is 9.03. The van der Waals surface area contributed by atoms with Crippen molar-refractivity contribution in [3.05, 3.63) is 65.1 Å². The third-order valence-electron chi connectivity index (χ3n) is 4.86. The largest absolute Gasteiger partial charge is 0.337 e. The van der Waals surface area contributed by atoms with Crippen molar-refractivity contribution >= 4 is 11.6 Å². The highest BCUT2D eigenvalue weighted by molar-refractivity contribution is 5.94. The molecule has 0 spiro atoms. The van der Waals surface area contributed by atoms with Crippen LogP contribution in [0.2, 0.25) is 0 Å². The first kappa shape index (κ1) is 16.7. The number of amides is 1. The van der Waals surface area contributed by atoms with Crippen molar-refractivity contribution in [1.82, 2.24) is 24.8 Å². The Morgan fingerprint density at radius 3 is 2.85 bits per heavy atom. The normalized spacial score (nSPS) is 18.1. The van der Waals surface area contributed by atoms with Gasteiger partial charge in [-0.2, -0.15) is 5.10 Å². The van der Waals surface area contributed by atoms with Gasteiger partial charge in [-0.3, -0.25) is 4.79 Å². The van der Waals surface area contributed by atoms with Crippen molar-refractivity contribution in [2.75, 3.05) is 19.6 Å². The zero-order valence-electron chi connectivity index (χ0n) is 15.1. The number of aromatic nitrogens is 3. The van der Waals surface area contributed by atoms with Crippen LogP contribution in [0.5, 0.6) is 0 Å². The molecule has 1 amide bonds. The van der Waals surface area contributed by atoms with E-state index in [4.69, 9.17) is 0 Å². The van der Waals surface area contributed by atoms with Crippen molar-refractivity contribution in [3.63, 3.8) is 0 Å². The van der Waals surface area contributed by atoms with E-state index >= 15 is 0 Å². The van der Waals surface area contributed by atoms with Gasteiger partial charge in [0.1, 0.15) is 5.82 Å². The maximum atomic E-state index is 13.2. The van der Waals surface area contributed by atoms with Gasteiger partial charge in [-0.15, -0.1) is 0 Å². The van der Waals surface area contributed by atoms with Gasteiger partial charge in [-0.25, -0.2) is 9.50 Å². The SMILES string of the molecule is Cc1nc2c(C)cc(C(=O)N3CCCNC(c4ccccc4)C3)cn2n1. The minimum atomic E-state index is 0.0489. The van der Waals surface area contributed by atoms with E-state index in [2.05, 4.69) is 27.5 Å². The summed E-state index contributed by atoms with van der Waals surface area (Å²) in [4.78, 5) is 19.5. The van der Waals surface area contributed by atoms with E-state index in [1.807, 2.05) is 43.0 Å². The number of aryl methyl sites for hydroxylation is 2. The summed E-state index contributed by atoms with van der Waals surface area (Å²) in [6.45, 7) is 6.15. The quantitative estimate of drug-likeness (QED) is 0.772. The molecule has 1 aliphatic heterocycles. The molecule has 6 nitrogen and oxygen atoms in total. The number of hydrogen-bond donors (Lipinski definition) is 1. The van der Waals surface area contributed by atoms with Gasteiger partial charge in [0, 0.05) is 25.3 Å². The van der Waals surface area contributed by atoms with Gasteiger partial charge in [-0.1, -0.05) is 30.3 Å². The number of nitrogens with one attached hydrogen (secondary N) is 1. The van der Waals surface area contributed by atoms with E-state index in [0.29, 0.717) is 17.9 Å². The maximum Gasteiger partial charge on any atom is 0.255 e. The third kappa shape index (κ3) is 3.20. The van der Waals surface area contributed by atoms with E-state index in [1.54, 1.807) is 10.7 Å². The van der Waals surface area contributed by atoms with E-state index in [9.17, 15) is 4.79 Å². The molecular weight excluding hydrogens is 326 g/mol. The van der Waals surface area contributed by atoms with Crippen LogP contribution >= 0.6 is 0 Å². The zero-order chi connectivity index (χ0) is 18.1. The van der Waals surface area contributed by atoms with Crippen molar-refractivity contribution in [3.8, 4) is 0 Å². The molecule has 134 valence electrons. The molecule has 3 aromatic rings. The molecule has 0 bridgehead atoms. The molecule has 1 fully saturated rings. The number of fused-ring (bicyclic) bond motifs is 1. The average Bonchev–Trinajstić information content (AvgIpc) is 2.88. The molecule has 1 unspecified atom stereocenters. The second kappa shape index (κ2) is 6.88. The van der Waals surface area contributed by atoms with Crippen LogP contribution in [0.1, 0.15) is 39.8 Å². The van der Waals surface area contributed by atoms with Crippen LogP contribution in [-0.4, -0.2) is 45.0 Å². The van der Waals surface area contributed by atoms with Gasteiger partial charge in [0.05, 0.1) is 5.56 Å². The van der Waals surface area contributed by atoms with E-state index in [1.165, 1.54) is 5.56 Å². The fraction of sp³-hybridized carbons (Fsp3) is 0.350. The van der Waals surface area contributed by atoms with Crippen LogP contribution in [0.4, 0.5) is 0 Å². The predicted octanol–water partition coefficient (Wildman–Crippen LogP) is 2.52. The van der Waals surface area contributed by atoms with E-state index in [-0.39, 0.29) is 11.9 Å². The Kier molecular flexibility index (Phi) is 4.42. The van der Waals surface area contributed by atoms with Crippen molar-refractivity contribution in [2.45, 2.75) is 26.3 Å². The Bertz CT molecular complexity index is 934. The summed E-state index contributed by atoms with van der Waals surface area (Å²) in [6, 6.07) is 12.4. The van der Waals surface area contributed by atoms with Gasteiger partial charge in [-0.05, 0) is 44.0 Å². The van der Waals surface area contributed by atoms with Gasteiger partial charge in [0.15, 0.2) is 5.65 Å². The van der Waals surface area contributed by atoms with Crippen LogP contribution in [0.15, 0.2) is 42.6 Å². The van der Waals surface area contributed by atoms with Crippen LogP contribution in [-0.2, 0) is 0 Å². The predicted molar refractivity (Wildman–Crippen MR) is 100 cm³/mol. The van der Waals surface area contributed by atoms with Crippen LogP contribution in [0.3, 0.4) is 0 Å². The summed E-state index contributed by atoms with van der Waals surface area (Å²) in [6.07, 6.45) is 2.74. The average molecular weight is 349 g/mol. The number of rotatable bonds is 2. The Labute approximate surface area is 152 Å². The first-order chi connectivity index (χ1) is 12.6. The number of carbonyl (C=O) groups excluding carboxylic acids is 1. The first-order valence-corrected chi connectivity index (χ1v) is 9.03. The summed E-state index contributed by atoms with van der Waals surface area (Å²) in [5, 5.41) is 7.92. The van der Waals surface area contributed by atoms with Crippen LogP contribution in [0.25, 0.3) is 5.65 Å². The molecule has 4 rings (SSSR count). The monoisotopic (exact) mass is 349 g/mol. The molecule has 1 atom stereocenters.